The second-order valence-corrected chi connectivity index (χ2v) is 7.19. The zero-order valence-electron chi connectivity index (χ0n) is 15.8. The molecule has 0 bridgehead atoms. The predicted molar refractivity (Wildman–Crippen MR) is 102 cm³/mol. The van der Waals surface area contributed by atoms with Crippen molar-refractivity contribution in [2.24, 2.45) is 5.10 Å². The summed E-state index contributed by atoms with van der Waals surface area (Å²) >= 11 is 0. The lowest BCUT2D eigenvalue weighted by atomic mass is 9.93. The van der Waals surface area contributed by atoms with Crippen LogP contribution in [0.5, 0.6) is 0 Å². The Kier molecular flexibility index (Phi) is 4.98. The fourth-order valence-corrected chi connectivity index (χ4v) is 3.87. The third-order valence-corrected chi connectivity index (χ3v) is 5.32. The summed E-state index contributed by atoms with van der Waals surface area (Å²) in [5.74, 6) is -0.194. The van der Waals surface area contributed by atoms with Gasteiger partial charge in [0.05, 0.1) is 11.3 Å². The molecule has 0 spiro atoms. The number of hydrogen-bond donors (Lipinski definition) is 1. The van der Waals surface area contributed by atoms with E-state index in [9.17, 15) is 14.0 Å². The van der Waals surface area contributed by atoms with Crippen LogP contribution in [0.2, 0.25) is 0 Å². The summed E-state index contributed by atoms with van der Waals surface area (Å²) < 4.78 is 19.7. The highest BCUT2D eigenvalue weighted by Gasteiger charge is 2.31. The lowest BCUT2D eigenvalue weighted by Crippen LogP contribution is -2.27. The number of hydrogen-bond acceptors (Lipinski definition) is 4. The van der Waals surface area contributed by atoms with Gasteiger partial charge in [0.1, 0.15) is 11.6 Å². The summed E-state index contributed by atoms with van der Waals surface area (Å²) in [6.07, 6.45) is 4.22. The molecular formula is C21H22FN3O3. The van der Waals surface area contributed by atoms with Crippen LogP contribution in [-0.4, -0.2) is 35.5 Å². The van der Waals surface area contributed by atoms with Gasteiger partial charge in [-0.3, -0.25) is 9.59 Å². The van der Waals surface area contributed by atoms with Crippen LogP contribution in [0.3, 0.4) is 0 Å². The molecule has 1 aliphatic heterocycles. The molecule has 0 radical (unpaired) electrons. The van der Waals surface area contributed by atoms with Gasteiger partial charge >= 0.3 is 0 Å². The Hall–Kier alpha value is -2.96. The largest absolute Gasteiger partial charge is 0.455 e. The van der Waals surface area contributed by atoms with Gasteiger partial charge in [0.2, 0.25) is 0 Å². The number of halogens is 1. The molecule has 146 valence electrons. The molecule has 28 heavy (non-hydrogen) atoms. The van der Waals surface area contributed by atoms with Gasteiger partial charge in [-0.25, -0.2) is 9.82 Å². The van der Waals surface area contributed by atoms with Gasteiger partial charge in [-0.05, 0) is 44.7 Å². The number of rotatable bonds is 3. The highest BCUT2D eigenvalue weighted by molar-refractivity contribution is 6.07. The molecular weight excluding hydrogens is 361 g/mol. The Morgan fingerprint density at radius 2 is 1.89 bits per heavy atom. The first-order valence-electron chi connectivity index (χ1n) is 9.59. The molecule has 1 aromatic heterocycles. The average molecular weight is 383 g/mol. The van der Waals surface area contributed by atoms with Gasteiger partial charge in [-0.2, -0.15) is 5.10 Å². The number of furan rings is 1. The van der Waals surface area contributed by atoms with Crippen molar-refractivity contribution in [3.63, 3.8) is 0 Å². The molecule has 2 aromatic rings. The zero-order chi connectivity index (χ0) is 19.7. The Morgan fingerprint density at radius 1 is 1.14 bits per heavy atom. The Bertz CT molecular complexity index is 958. The maximum absolute atomic E-state index is 13.8. The second-order valence-electron chi connectivity index (χ2n) is 7.19. The van der Waals surface area contributed by atoms with Crippen LogP contribution < -0.4 is 5.43 Å². The summed E-state index contributed by atoms with van der Waals surface area (Å²) in [5, 5.41) is 4.24. The van der Waals surface area contributed by atoms with Crippen LogP contribution in [0.1, 0.15) is 63.5 Å². The van der Waals surface area contributed by atoms with Gasteiger partial charge in [0.25, 0.3) is 11.8 Å². The van der Waals surface area contributed by atoms with Gasteiger partial charge < -0.3 is 9.32 Å². The van der Waals surface area contributed by atoms with Gasteiger partial charge in [-0.15, -0.1) is 0 Å². The number of nitrogens with one attached hydrogen (secondary N) is 1. The number of hydrazone groups is 1. The summed E-state index contributed by atoms with van der Waals surface area (Å²) in [5.41, 5.74) is 4.59. The van der Waals surface area contributed by atoms with Crippen LogP contribution in [0.4, 0.5) is 4.39 Å². The molecule has 1 aromatic carbocycles. The number of carbonyl (C=O) groups is 2. The summed E-state index contributed by atoms with van der Waals surface area (Å²) in [6.45, 7) is 3.36. The lowest BCUT2D eigenvalue weighted by molar-refractivity contribution is 0.0758. The van der Waals surface area contributed by atoms with Crippen molar-refractivity contribution in [3.8, 4) is 0 Å². The summed E-state index contributed by atoms with van der Waals surface area (Å²) in [6, 6.07) is 5.77. The van der Waals surface area contributed by atoms with E-state index >= 15 is 0 Å². The Morgan fingerprint density at radius 3 is 2.64 bits per heavy atom. The van der Waals surface area contributed by atoms with E-state index in [-0.39, 0.29) is 11.5 Å². The topological polar surface area (TPSA) is 74.9 Å². The number of amides is 2. The first-order valence-corrected chi connectivity index (χ1v) is 9.59. The fourth-order valence-electron chi connectivity index (χ4n) is 3.87. The van der Waals surface area contributed by atoms with E-state index in [0.717, 1.165) is 55.7 Å². The second kappa shape index (κ2) is 7.58. The summed E-state index contributed by atoms with van der Waals surface area (Å²) in [4.78, 5) is 26.8. The maximum Gasteiger partial charge on any atom is 0.289 e. The van der Waals surface area contributed by atoms with Crippen molar-refractivity contribution in [1.29, 1.82) is 0 Å². The minimum atomic E-state index is -0.604. The molecule has 2 amide bonds. The normalized spacial score (nSPS) is 17.6. The molecule has 4 rings (SSSR count). The molecule has 1 N–H and O–H groups in total. The molecule has 1 aliphatic carbocycles. The summed E-state index contributed by atoms with van der Waals surface area (Å²) in [7, 11) is 0. The van der Waals surface area contributed by atoms with Crippen molar-refractivity contribution in [2.45, 2.75) is 39.0 Å². The van der Waals surface area contributed by atoms with Crippen molar-refractivity contribution in [1.82, 2.24) is 10.3 Å². The molecule has 0 saturated carbocycles. The van der Waals surface area contributed by atoms with Crippen molar-refractivity contribution >= 4 is 17.5 Å². The van der Waals surface area contributed by atoms with E-state index < -0.39 is 11.7 Å². The highest BCUT2D eigenvalue weighted by Crippen LogP contribution is 2.31. The van der Waals surface area contributed by atoms with Gasteiger partial charge in [0.15, 0.2) is 5.76 Å². The quantitative estimate of drug-likeness (QED) is 0.825. The number of benzene rings is 1. The van der Waals surface area contributed by atoms with Crippen molar-refractivity contribution < 1.29 is 18.4 Å². The van der Waals surface area contributed by atoms with Gasteiger partial charge in [0, 0.05) is 30.6 Å². The first-order chi connectivity index (χ1) is 13.6. The van der Waals surface area contributed by atoms with Gasteiger partial charge in [-0.1, -0.05) is 12.1 Å². The SMILES string of the molecule is Cc1c(C(=O)N2CCCC2)oc2c1/C(=N/NC(=O)c1ccccc1F)CCC2. The van der Waals surface area contributed by atoms with E-state index in [1.54, 1.807) is 6.07 Å². The number of likely N-dealkylation sites (tertiary alicyclic amines) is 1. The molecule has 2 heterocycles. The van der Waals surface area contributed by atoms with Crippen LogP contribution in [0.25, 0.3) is 0 Å². The zero-order valence-corrected chi connectivity index (χ0v) is 15.8. The van der Waals surface area contributed by atoms with Crippen LogP contribution in [-0.2, 0) is 6.42 Å². The molecule has 1 saturated heterocycles. The Balaban J connectivity index is 1.60. The molecule has 0 unspecified atom stereocenters. The Labute approximate surface area is 162 Å². The number of fused-ring (bicyclic) bond motifs is 1. The molecule has 7 heteroatoms. The van der Waals surface area contributed by atoms with Crippen LogP contribution in [0, 0.1) is 12.7 Å². The number of aryl methyl sites for hydroxylation is 1. The van der Waals surface area contributed by atoms with E-state index in [0.29, 0.717) is 17.9 Å². The third-order valence-electron chi connectivity index (χ3n) is 5.32. The highest BCUT2D eigenvalue weighted by atomic mass is 19.1. The predicted octanol–water partition coefficient (Wildman–Crippen LogP) is 3.43. The van der Waals surface area contributed by atoms with E-state index in [2.05, 4.69) is 10.5 Å². The minimum absolute atomic E-state index is 0.0586. The molecule has 6 nitrogen and oxygen atoms in total. The molecule has 0 atom stereocenters. The van der Waals surface area contributed by atoms with Crippen LogP contribution >= 0.6 is 0 Å². The average Bonchev–Trinajstić information content (AvgIpc) is 3.35. The lowest BCUT2D eigenvalue weighted by Gasteiger charge is -2.14. The smallest absolute Gasteiger partial charge is 0.289 e. The van der Waals surface area contributed by atoms with E-state index in [1.165, 1.54) is 18.2 Å². The third kappa shape index (κ3) is 3.32. The molecule has 1 fully saturated rings. The van der Waals surface area contributed by atoms with Crippen LogP contribution in [0.15, 0.2) is 33.8 Å². The standard InChI is InChI=1S/C21H22FN3O3/c1-13-18-16(23-24-20(26)14-7-2-3-8-15(14)22)9-6-10-17(18)28-19(13)21(27)25-11-4-5-12-25/h2-3,7-8H,4-6,9-12H2,1H3,(H,24,26)/b23-16+. The molecule has 2 aliphatic rings. The number of nitrogens with zero attached hydrogens (tertiary/aromatic N) is 2. The van der Waals surface area contributed by atoms with Crippen molar-refractivity contribution in [2.75, 3.05) is 13.1 Å². The number of carbonyl (C=O) groups excluding carboxylic acids is 2. The van der Waals surface area contributed by atoms with E-state index in [1.807, 2.05) is 11.8 Å². The fraction of sp³-hybridized carbons (Fsp3) is 0.381. The monoisotopic (exact) mass is 383 g/mol. The minimum Gasteiger partial charge on any atom is -0.455 e. The first kappa shape index (κ1) is 18.4. The van der Waals surface area contributed by atoms with E-state index in [4.69, 9.17) is 4.42 Å². The maximum atomic E-state index is 13.8. The van der Waals surface area contributed by atoms with Crippen molar-refractivity contribution in [3.05, 3.63) is 58.3 Å².